The minimum atomic E-state index is -1.42. The highest BCUT2D eigenvalue weighted by atomic mass is 32.2. The van der Waals surface area contributed by atoms with Gasteiger partial charge in [-0.25, -0.2) is 9.36 Å². The molecular weight excluding hydrogens is 418 g/mol. The molecule has 31 heavy (non-hydrogen) atoms. The van der Waals surface area contributed by atoms with Crippen molar-refractivity contribution in [3.05, 3.63) is 81.0 Å². The van der Waals surface area contributed by atoms with E-state index in [0.29, 0.717) is 11.3 Å². The maximum Gasteiger partial charge on any atom is 0.329 e. The molecule has 0 unspecified atom stereocenters. The number of thioether (sulfide) groups is 1. The maximum atomic E-state index is 13.1. The van der Waals surface area contributed by atoms with E-state index in [1.807, 2.05) is 12.3 Å². The highest BCUT2D eigenvalue weighted by Gasteiger charge is 2.27. The van der Waals surface area contributed by atoms with Crippen LogP contribution in [0.15, 0.2) is 64.2 Å². The van der Waals surface area contributed by atoms with E-state index in [1.165, 1.54) is 11.8 Å². The second-order valence-electron chi connectivity index (χ2n) is 7.02. The van der Waals surface area contributed by atoms with Crippen molar-refractivity contribution in [1.29, 1.82) is 0 Å². The Labute approximate surface area is 182 Å². The SMILES string of the molecule is CSCC[C@H](NC(=O)[C@H](Cc1ccccc1)n1c(=O)[nH]c2ccccc2c1=O)C(=O)[O-]. The number of nitrogens with zero attached hydrogens (tertiary/aromatic N) is 1. The van der Waals surface area contributed by atoms with Gasteiger partial charge in [0, 0.05) is 6.42 Å². The first-order valence-electron chi connectivity index (χ1n) is 9.70. The number of carboxylic acids is 1. The molecule has 1 heterocycles. The maximum absolute atomic E-state index is 13.1. The van der Waals surface area contributed by atoms with Gasteiger partial charge in [0.2, 0.25) is 5.91 Å². The number of hydrogen-bond acceptors (Lipinski definition) is 6. The van der Waals surface area contributed by atoms with Gasteiger partial charge in [-0.2, -0.15) is 11.8 Å². The molecule has 2 N–H and O–H groups in total. The van der Waals surface area contributed by atoms with Gasteiger partial charge in [-0.3, -0.25) is 9.59 Å². The standard InChI is InChI=1S/C22H23N3O5S/c1-31-12-11-17(21(28)29)23-19(26)18(13-14-7-3-2-4-8-14)25-20(27)15-9-5-6-10-16(15)24-22(25)30/h2-10,17-18H,11-13H2,1H3,(H,23,26)(H,24,30)(H,28,29)/p-1/t17-,18-/m0/s1. The Hall–Kier alpha value is -3.33. The fourth-order valence-corrected chi connectivity index (χ4v) is 3.82. The Balaban J connectivity index is 2.06. The normalized spacial score (nSPS) is 12.9. The summed E-state index contributed by atoms with van der Waals surface area (Å²) in [5.74, 6) is -1.65. The molecule has 0 spiro atoms. The van der Waals surface area contributed by atoms with Crippen molar-refractivity contribution in [1.82, 2.24) is 14.9 Å². The van der Waals surface area contributed by atoms with E-state index in [-0.39, 0.29) is 18.2 Å². The number of aromatic amines is 1. The molecule has 0 saturated carbocycles. The number of hydrogen-bond donors (Lipinski definition) is 2. The van der Waals surface area contributed by atoms with Crippen molar-refractivity contribution in [2.45, 2.75) is 24.9 Å². The summed E-state index contributed by atoms with van der Waals surface area (Å²) >= 11 is 1.44. The summed E-state index contributed by atoms with van der Waals surface area (Å²) in [5.41, 5.74) is -0.283. The van der Waals surface area contributed by atoms with Crippen LogP contribution in [-0.4, -0.2) is 39.5 Å². The topological polar surface area (TPSA) is 124 Å². The molecule has 0 bridgehead atoms. The number of fused-ring (bicyclic) bond motifs is 1. The van der Waals surface area contributed by atoms with Crippen molar-refractivity contribution < 1.29 is 14.7 Å². The van der Waals surface area contributed by atoms with Crippen LogP contribution in [0.5, 0.6) is 0 Å². The lowest BCUT2D eigenvalue weighted by atomic mass is 10.0. The number of carbonyl (C=O) groups is 2. The molecule has 0 aliphatic heterocycles. The lowest BCUT2D eigenvalue weighted by molar-refractivity contribution is -0.308. The van der Waals surface area contributed by atoms with E-state index < -0.39 is 35.2 Å². The summed E-state index contributed by atoms with van der Waals surface area (Å²) in [7, 11) is 0. The monoisotopic (exact) mass is 440 g/mol. The van der Waals surface area contributed by atoms with Crippen molar-refractivity contribution in [2.75, 3.05) is 12.0 Å². The average molecular weight is 441 g/mol. The Morgan fingerprint density at radius 3 is 2.45 bits per heavy atom. The van der Waals surface area contributed by atoms with Crippen LogP contribution in [0, 0.1) is 0 Å². The molecule has 2 aromatic carbocycles. The molecule has 9 heteroatoms. The number of rotatable bonds is 9. The third-order valence-corrected chi connectivity index (χ3v) is 5.58. The second kappa shape index (κ2) is 10.1. The van der Waals surface area contributed by atoms with Gasteiger partial charge in [-0.05, 0) is 36.1 Å². The first-order valence-corrected chi connectivity index (χ1v) is 11.1. The van der Waals surface area contributed by atoms with Gasteiger partial charge in [0.25, 0.3) is 5.56 Å². The van der Waals surface area contributed by atoms with E-state index >= 15 is 0 Å². The van der Waals surface area contributed by atoms with Crippen LogP contribution in [0.3, 0.4) is 0 Å². The summed E-state index contributed by atoms with van der Waals surface area (Å²) in [5, 5.41) is 14.2. The molecule has 3 rings (SSSR count). The third-order valence-electron chi connectivity index (χ3n) is 4.93. The van der Waals surface area contributed by atoms with E-state index in [0.717, 1.165) is 10.1 Å². The second-order valence-corrected chi connectivity index (χ2v) is 8.00. The number of amides is 1. The van der Waals surface area contributed by atoms with Gasteiger partial charge in [0.15, 0.2) is 0 Å². The van der Waals surface area contributed by atoms with Crippen LogP contribution in [0.25, 0.3) is 10.9 Å². The Bertz CT molecular complexity index is 1190. The number of para-hydroxylation sites is 1. The zero-order valence-electron chi connectivity index (χ0n) is 16.9. The molecule has 3 aromatic rings. The number of carbonyl (C=O) groups excluding carboxylic acids is 2. The van der Waals surface area contributed by atoms with E-state index in [4.69, 9.17) is 0 Å². The predicted molar refractivity (Wildman–Crippen MR) is 118 cm³/mol. The zero-order chi connectivity index (χ0) is 22.4. The van der Waals surface area contributed by atoms with Gasteiger partial charge >= 0.3 is 5.69 Å². The molecule has 2 atom stereocenters. The Morgan fingerprint density at radius 2 is 1.77 bits per heavy atom. The number of aliphatic carboxylic acids is 1. The van der Waals surface area contributed by atoms with Gasteiger partial charge in [-0.1, -0.05) is 42.5 Å². The number of nitrogens with one attached hydrogen (secondary N) is 2. The molecule has 0 aliphatic rings. The molecule has 0 saturated heterocycles. The lowest BCUT2D eigenvalue weighted by Crippen LogP contribution is -2.52. The molecule has 1 aromatic heterocycles. The highest BCUT2D eigenvalue weighted by Crippen LogP contribution is 2.14. The fraction of sp³-hybridized carbons (Fsp3) is 0.273. The highest BCUT2D eigenvalue weighted by molar-refractivity contribution is 7.98. The number of benzene rings is 2. The van der Waals surface area contributed by atoms with Crippen LogP contribution in [0.2, 0.25) is 0 Å². The Kier molecular flexibility index (Phi) is 7.30. The lowest BCUT2D eigenvalue weighted by Gasteiger charge is -2.24. The summed E-state index contributed by atoms with van der Waals surface area (Å²) in [4.78, 5) is 53.2. The molecule has 1 amide bonds. The van der Waals surface area contributed by atoms with Gasteiger partial charge < -0.3 is 20.2 Å². The van der Waals surface area contributed by atoms with E-state index in [2.05, 4.69) is 10.3 Å². The van der Waals surface area contributed by atoms with Crippen LogP contribution in [0.4, 0.5) is 0 Å². The zero-order valence-corrected chi connectivity index (χ0v) is 17.7. The summed E-state index contributed by atoms with van der Waals surface area (Å²) in [6.07, 6.45) is 2.02. The summed E-state index contributed by atoms with van der Waals surface area (Å²) < 4.78 is 0.853. The van der Waals surface area contributed by atoms with Gasteiger partial charge in [0.05, 0.1) is 22.9 Å². The van der Waals surface area contributed by atoms with Crippen LogP contribution < -0.4 is 21.7 Å². The third kappa shape index (κ3) is 5.24. The number of H-pyrrole nitrogens is 1. The van der Waals surface area contributed by atoms with Gasteiger partial charge in [-0.15, -0.1) is 0 Å². The van der Waals surface area contributed by atoms with Crippen molar-refractivity contribution in [2.24, 2.45) is 0 Å². The number of aromatic nitrogens is 2. The molecular formula is C22H22N3O5S-. The molecule has 0 fully saturated rings. The van der Waals surface area contributed by atoms with Crippen LogP contribution >= 0.6 is 11.8 Å². The minimum Gasteiger partial charge on any atom is -0.548 e. The van der Waals surface area contributed by atoms with E-state index in [9.17, 15) is 24.3 Å². The molecule has 8 nitrogen and oxygen atoms in total. The van der Waals surface area contributed by atoms with Crippen molar-refractivity contribution in [3.8, 4) is 0 Å². The fourth-order valence-electron chi connectivity index (χ4n) is 3.35. The Morgan fingerprint density at radius 1 is 1.10 bits per heavy atom. The quantitative estimate of drug-likeness (QED) is 0.498. The first-order chi connectivity index (χ1) is 14.9. The molecule has 162 valence electrons. The average Bonchev–Trinajstić information content (AvgIpc) is 2.76. The van der Waals surface area contributed by atoms with Crippen molar-refractivity contribution in [3.63, 3.8) is 0 Å². The van der Waals surface area contributed by atoms with Gasteiger partial charge in [0.1, 0.15) is 6.04 Å². The largest absolute Gasteiger partial charge is 0.548 e. The van der Waals surface area contributed by atoms with Crippen molar-refractivity contribution >= 4 is 34.5 Å². The smallest absolute Gasteiger partial charge is 0.329 e. The predicted octanol–water partition coefficient (Wildman–Crippen LogP) is 0.461. The molecule has 0 aliphatic carbocycles. The first kappa shape index (κ1) is 22.4. The number of carboxylic acid groups (broad SMARTS) is 1. The molecule has 0 radical (unpaired) electrons. The summed E-state index contributed by atoms with van der Waals surface area (Å²) in [6.45, 7) is 0. The minimum absolute atomic E-state index is 0.0380. The summed E-state index contributed by atoms with van der Waals surface area (Å²) in [6, 6.07) is 12.9. The van der Waals surface area contributed by atoms with Crippen LogP contribution in [-0.2, 0) is 16.0 Å². The van der Waals surface area contributed by atoms with Crippen LogP contribution in [0.1, 0.15) is 18.0 Å². The van der Waals surface area contributed by atoms with E-state index in [1.54, 1.807) is 48.5 Å².